The highest BCUT2D eigenvalue weighted by Crippen LogP contribution is 2.49. The van der Waals surface area contributed by atoms with Gasteiger partial charge in [0.2, 0.25) is 0 Å². The maximum atomic E-state index is 13.0. The van der Waals surface area contributed by atoms with Gasteiger partial charge >= 0.3 is 5.91 Å². The Kier molecular flexibility index (Phi) is 6.17. The fourth-order valence-electron chi connectivity index (χ4n) is 5.32. The highest BCUT2D eigenvalue weighted by molar-refractivity contribution is 6.04. The van der Waals surface area contributed by atoms with Gasteiger partial charge in [0.15, 0.2) is 5.69 Å². The summed E-state index contributed by atoms with van der Waals surface area (Å²) in [6, 6.07) is 8.92. The molecule has 8 heteroatoms. The average Bonchev–Trinajstić information content (AvgIpc) is 3.61. The number of nitrogens with one attached hydrogen (secondary N) is 1. The van der Waals surface area contributed by atoms with Gasteiger partial charge in [0.25, 0.3) is 5.69 Å². The van der Waals surface area contributed by atoms with Gasteiger partial charge in [0.1, 0.15) is 5.75 Å². The maximum Gasteiger partial charge on any atom is 0.321 e. The van der Waals surface area contributed by atoms with Crippen LogP contribution < -0.4 is 14.8 Å². The second-order valence-electron chi connectivity index (χ2n) is 10.3. The van der Waals surface area contributed by atoms with E-state index in [1.54, 1.807) is 12.1 Å². The smallest absolute Gasteiger partial charge is 0.321 e. The van der Waals surface area contributed by atoms with Crippen molar-refractivity contribution >= 4 is 22.5 Å². The molecule has 5 rings (SSSR count). The van der Waals surface area contributed by atoms with Crippen molar-refractivity contribution in [1.29, 1.82) is 0 Å². The van der Waals surface area contributed by atoms with Crippen molar-refractivity contribution in [2.45, 2.75) is 76.9 Å². The van der Waals surface area contributed by atoms with Gasteiger partial charge in [-0.15, -0.1) is 0 Å². The molecule has 0 saturated heterocycles. The van der Waals surface area contributed by atoms with Crippen LogP contribution in [0.25, 0.3) is 10.9 Å². The Morgan fingerprint density at radius 3 is 2.69 bits per heavy atom. The largest absolute Gasteiger partial charge is 0.618 e. The molecule has 2 aliphatic carbocycles. The summed E-state index contributed by atoms with van der Waals surface area (Å²) in [4.78, 5) is 13.0. The summed E-state index contributed by atoms with van der Waals surface area (Å²) in [5.74, 6) is 0.514. The second-order valence-corrected chi connectivity index (χ2v) is 10.3. The molecule has 0 bridgehead atoms. The van der Waals surface area contributed by atoms with Crippen molar-refractivity contribution in [3.8, 4) is 5.75 Å². The van der Waals surface area contributed by atoms with E-state index in [0.29, 0.717) is 34.4 Å². The number of carbonyl (C=O) groups is 1. The van der Waals surface area contributed by atoms with Crippen molar-refractivity contribution in [3.05, 3.63) is 53.1 Å². The first kappa shape index (κ1) is 23.6. The summed E-state index contributed by atoms with van der Waals surface area (Å²) >= 11 is 0. The zero-order valence-electron chi connectivity index (χ0n) is 20.7. The molecule has 0 aliphatic heterocycles. The predicted octanol–water partition coefficient (Wildman–Crippen LogP) is 4.70. The van der Waals surface area contributed by atoms with Crippen LogP contribution in [0.4, 0.5) is 5.69 Å². The van der Waals surface area contributed by atoms with Gasteiger partial charge in [-0.25, -0.2) is 0 Å². The van der Waals surface area contributed by atoms with E-state index in [-0.39, 0.29) is 17.7 Å². The van der Waals surface area contributed by atoms with Crippen LogP contribution in [0.15, 0.2) is 36.5 Å². The molecule has 2 aromatic heterocycles. The number of aliphatic hydroxyl groups is 1. The van der Waals surface area contributed by atoms with Crippen molar-refractivity contribution in [2.24, 2.45) is 5.92 Å². The highest BCUT2D eigenvalue weighted by Gasteiger charge is 2.45. The van der Waals surface area contributed by atoms with Crippen molar-refractivity contribution in [2.75, 3.05) is 11.9 Å². The van der Waals surface area contributed by atoms with E-state index in [9.17, 15) is 15.1 Å². The summed E-state index contributed by atoms with van der Waals surface area (Å²) in [7, 11) is 0. The molecule has 2 heterocycles. The summed E-state index contributed by atoms with van der Waals surface area (Å²) in [6.07, 6.45) is 7.73. The number of amides is 1. The lowest BCUT2D eigenvalue weighted by molar-refractivity contribution is -0.617. The van der Waals surface area contributed by atoms with E-state index >= 15 is 0 Å². The summed E-state index contributed by atoms with van der Waals surface area (Å²) < 4.78 is 8.50. The molecule has 1 aromatic carbocycles. The Balaban J connectivity index is 1.40. The molecule has 2 fully saturated rings. The number of rotatable bonds is 7. The molecule has 0 atom stereocenters. The van der Waals surface area contributed by atoms with E-state index in [1.165, 1.54) is 6.07 Å². The molecule has 1 amide bonds. The number of pyridine rings is 1. The zero-order chi connectivity index (χ0) is 24.7. The Labute approximate surface area is 205 Å². The molecule has 35 heavy (non-hydrogen) atoms. The number of carbonyl (C=O) groups excluding carboxylic acids is 1. The molecule has 8 nitrogen and oxygen atoms in total. The van der Waals surface area contributed by atoms with E-state index in [2.05, 4.69) is 5.32 Å². The average molecular weight is 479 g/mol. The first-order valence-electron chi connectivity index (χ1n) is 12.7. The molecule has 3 aromatic rings. The SMILES string of the molecule is CCOc1cc2nn(C3CCC(O)(C4CC4)CC3)cc2cc1NC(=O)c1cccc(C(C)C)[n+]1[O-]. The third-order valence-electron chi connectivity index (χ3n) is 7.50. The van der Waals surface area contributed by atoms with E-state index in [0.717, 1.165) is 49.4 Å². The number of hydrogen-bond donors (Lipinski definition) is 2. The van der Waals surface area contributed by atoms with E-state index in [4.69, 9.17) is 9.84 Å². The minimum Gasteiger partial charge on any atom is -0.618 e. The predicted molar refractivity (Wildman–Crippen MR) is 134 cm³/mol. The van der Waals surface area contributed by atoms with Crippen LogP contribution in [-0.4, -0.2) is 33.0 Å². The molecule has 0 spiro atoms. The molecule has 2 saturated carbocycles. The second kappa shape index (κ2) is 9.15. The van der Waals surface area contributed by atoms with Crippen LogP contribution in [0.2, 0.25) is 0 Å². The van der Waals surface area contributed by atoms with Crippen molar-refractivity contribution in [3.63, 3.8) is 0 Å². The summed E-state index contributed by atoms with van der Waals surface area (Å²) in [5.41, 5.74) is 1.38. The van der Waals surface area contributed by atoms with Crippen LogP contribution in [0, 0.1) is 11.1 Å². The Hall–Kier alpha value is -3.13. The van der Waals surface area contributed by atoms with Gasteiger partial charge < -0.3 is 20.4 Å². The Morgan fingerprint density at radius 1 is 1.29 bits per heavy atom. The third-order valence-corrected chi connectivity index (χ3v) is 7.50. The number of benzene rings is 1. The number of nitrogens with zero attached hydrogens (tertiary/aromatic N) is 3. The normalized spacial score (nSPS) is 22.5. The summed E-state index contributed by atoms with van der Waals surface area (Å²) in [5, 5.41) is 32.2. The van der Waals surface area contributed by atoms with Gasteiger partial charge in [-0.3, -0.25) is 9.48 Å². The summed E-state index contributed by atoms with van der Waals surface area (Å²) in [6.45, 7) is 6.16. The van der Waals surface area contributed by atoms with Crippen LogP contribution in [-0.2, 0) is 0 Å². The number of anilines is 1. The van der Waals surface area contributed by atoms with E-state index < -0.39 is 11.5 Å². The number of aromatic nitrogens is 3. The number of hydrogen-bond acceptors (Lipinski definition) is 5. The van der Waals surface area contributed by atoms with Gasteiger partial charge in [-0.2, -0.15) is 9.83 Å². The molecule has 2 aliphatic rings. The maximum absolute atomic E-state index is 13.0. The molecule has 0 unspecified atom stereocenters. The van der Waals surface area contributed by atoms with Crippen LogP contribution >= 0.6 is 0 Å². The quantitative estimate of drug-likeness (QED) is 0.378. The van der Waals surface area contributed by atoms with Gasteiger partial charge in [-0.05, 0) is 63.5 Å². The van der Waals surface area contributed by atoms with E-state index in [1.807, 2.05) is 43.8 Å². The molecule has 2 N–H and O–H groups in total. The first-order chi connectivity index (χ1) is 16.8. The molecule has 186 valence electrons. The topological polar surface area (TPSA) is 103 Å². The van der Waals surface area contributed by atoms with Gasteiger partial charge in [0.05, 0.1) is 29.5 Å². The Morgan fingerprint density at radius 2 is 2.03 bits per heavy atom. The highest BCUT2D eigenvalue weighted by atomic mass is 16.5. The third kappa shape index (κ3) is 4.59. The Bertz CT molecular complexity index is 1240. The molecular formula is C27H34N4O4. The zero-order valence-corrected chi connectivity index (χ0v) is 20.7. The minimum atomic E-state index is -0.492. The molecular weight excluding hydrogens is 444 g/mol. The van der Waals surface area contributed by atoms with Crippen LogP contribution in [0.5, 0.6) is 5.75 Å². The fraction of sp³-hybridized carbons (Fsp3) is 0.519. The molecule has 0 radical (unpaired) electrons. The minimum absolute atomic E-state index is 0.00137. The first-order valence-corrected chi connectivity index (χ1v) is 12.7. The number of fused-ring (bicyclic) bond motifs is 1. The van der Waals surface area contributed by atoms with Crippen LogP contribution in [0.1, 0.15) is 87.4 Å². The lowest BCUT2D eigenvalue weighted by atomic mass is 9.79. The lowest BCUT2D eigenvalue weighted by Crippen LogP contribution is -2.41. The fourth-order valence-corrected chi connectivity index (χ4v) is 5.32. The van der Waals surface area contributed by atoms with Crippen LogP contribution in [0.3, 0.4) is 0 Å². The standard InChI is InChI=1S/C27H34N4O4/c1-4-35-25-15-21-18(16-30(29-21)20-10-12-27(33,13-11-20)19-8-9-19)14-22(25)28-26(32)24-7-5-6-23(17(2)3)31(24)34/h5-7,14-17,19-20,33H,4,8-13H2,1-3H3,(H,28,32). The monoisotopic (exact) mass is 478 g/mol. The van der Waals surface area contributed by atoms with Crippen molar-refractivity contribution in [1.82, 2.24) is 9.78 Å². The lowest BCUT2D eigenvalue weighted by Gasteiger charge is -2.36. The van der Waals surface area contributed by atoms with Gasteiger partial charge in [-0.1, -0.05) is 13.8 Å². The number of ether oxygens (including phenoxy) is 1. The van der Waals surface area contributed by atoms with Gasteiger partial charge in [0, 0.05) is 35.7 Å². The van der Waals surface area contributed by atoms with Crippen molar-refractivity contribution < 1.29 is 19.4 Å².